The summed E-state index contributed by atoms with van der Waals surface area (Å²) in [6.07, 6.45) is 0. The predicted octanol–water partition coefficient (Wildman–Crippen LogP) is 2.28. The Morgan fingerprint density at radius 1 is 1.75 bits per heavy atom. The molecule has 0 N–H and O–H groups in total. The molecule has 0 radical (unpaired) electrons. The standard InChI is InChI=1S/C7H8BrNO2S/c1-4-6(3-11-5(2)10)9-7(8)12-4/h3H2,1-2H3. The fraction of sp³-hybridized carbons (Fsp3) is 0.429. The molecule has 66 valence electrons. The first-order valence-corrected chi connectivity index (χ1v) is 4.95. The molecule has 5 heteroatoms. The summed E-state index contributed by atoms with van der Waals surface area (Å²) >= 11 is 4.79. The number of halogens is 1. The SMILES string of the molecule is CC(=O)OCc1nc(Br)sc1C. The molecule has 0 bridgehead atoms. The number of carbonyl (C=O) groups is 1. The zero-order valence-electron chi connectivity index (χ0n) is 6.76. The monoisotopic (exact) mass is 249 g/mol. The van der Waals surface area contributed by atoms with Crippen molar-refractivity contribution in [3.63, 3.8) is 0 Å². The van der Waals surface area contributed by atoms with E-state index in [4.69, 9.17) is 4.74 Å². The molecular formula is C7H8BrNO2S. The molecular weight excluding hydrogens is 242 g/mol. The van der Waals surface area contributed by atoms with E-state index in [1.165, 1.54) is 18.3 Å². The van der Waals surface area contributed by atoms with Gasteiger partial charge in [0.2, 0.25) is 0 Å². The third-order valence-corrected chi connectivity index (χ3v) is 2.74. The Labute approximate surface area is 82.9 Å². The van der Waals surface area contributed by atoms with E-state index >= 15 is 0 Å². The number of ether oxygens (including phenoxy) is 1. The number of aryl methyl sites for hydroxylation is 1. The third-order valence-electron chi connectivity index (χ3n) is 1.28. The second-order valence-electron chi connectivity index (χ2n) is 2.25. The van der Waals surface area contributed by atoms with Crippen LogP contribution in [0.3, 0.4) is 0 Å². The van der Waals surface area contributed by atoms with Crippen LogP contribution in [0, 0.1) is 6.92 Å². The molecule has 0 aromatic carbocycles. The minimum absolute atomic E-state index is 0.267. The van der Waals surface area contributed by atoms with Crippen molar-refractivity contribution < 1.29 is 9.53 Å². The fourth-order valence-electron chi connectivity index (χ4n) is 0.697. The summed E-state index contributed by atoms with van der Waals surface area (Å²) in [5, 5.41) is 0. The summed E-state index contributed by atoms with van der Waals surface area (Å²) in [6.45, 7) is 3.60. The van der Waals surface area contributed by atoms with Crippen LogP contribution in [0.2, 0.25) is 0 Å². The van der Waals surface area contributed by atoms with E-state index in [1.54, 1.807) is 0 Å². The molecule has 1 aromatic heterocycles. The number of aromatic nitrogens is 1. The van der Waals surface area contributed by atoms with E-state index < -0.39 is 0 Å². The van der Waals surface area contributed by atoms with Crippen LogP contribution in [0.4, 0.5) is 0 Å². The Bertz CT molecular complexity index is 298. The molecule has 0 saturated carbocycles. The van der Waals surface area contributed by atoms with Crippen LogP contribution in [0.25, 0.3) is 0 Å². The minimum atomic E-state index is -0.279. The summed E-state index contributed by atoms with van der Waals surface area (Å²) in [5.41, 5.74) is 0.821. The van der Waals surface area contributed by atoms with Crippen LogP contribution in [0.1, 0.15) is 17.5 Å². The summed E-state index contributed by atoms with van der Waals surface area (Å²) < 4.78 is 5.63. The fourth-order valence-corrected chi connectivity index (χ4v) is 2.27. The molecule has 1 aromatic rings. The van der Waals surface area contributed by atoms with Crippen molar-refractivity contribution in [3.05, 3.63) is 14.5 Å². The van der Waals surface area contributed by atoms with Crippen LogP contribution < -0.4 is 0 Å². The molecule has 0 atom stereocenters. The van der Waals surface area contributed by atoms with Gasteiger partial charge >= 0.3 is 5.97 Å². The third kappa shape index (κ3) is 2.57. The summed E-state index contributed by atoms with van der Waals surface area (Å²) in [6, 6.07) is 0. The summed E-state index contributed by atoms with van der Waals surface area (Å²) in [5.74, 6) is -0.279. The van der Waals surface area contributed by atoms with Crippen molar-refractivity contribution in [3.8, 4) is 0 Å². The van der Waals surface area contributed by atoms with Gasteiger partial charge in [-0.25, -0.2) is 4.98 Å². The van der Waals surface area contributed by atoms with Gasteiger partial charge in [0, 0.05) is 11.8 Å². The first-order chi connectivity index (χ1) is 5.59. The lowest BCUT2D eigenvalue weighted by molar-refractivity contribution is -0.142. The molecule has 0 amide bonds. The Balaban J connectivity index is 2.62. The number of esters is 1. The van der Waals surface area contributed by atoms with Crippen LogP contribution in [-0.4, -0.2) is 11.0 Å². The van der Waals surface area contributed by atoms with Crippen molar-refractivity contribution in [2.75, 3.05) is 0 Å². The number of rotatable bonds is 2. The van der Waals surface area contributed by atoms with Crippen molar-refractivity contribution in [1.82, 2.24) is 4.98 Å². The van der Waals surface area contributed by atoms with Gasteiger partial charge < -0.3 is 4.74 Å². The van der Waals surface area contributed by atoms with Gasteiger partial charge in [-0.1, -0.05) is 0 Å². The number of hydrogen-bond acceptors (Lipinski definition) is 4. The maximum Gasteiger partial charge on any atom is 0.303 e. The number of thiazole rings is 1. The van der Waals surface area contributed by atoms with Gasteiger partial charge in [0.05, 0.1) is 5.69 Å². The topological polar surface area (TPSA) is 39.2 Å². The minimum Gasteiger partial charge on any atom is -0.459 e. The zero-order valence-corrected chi connectivity index (χ0v) is 9.16. The molecule has 0 aliphatic carbocycles. The van der Waals surface area contributed by atoms with E-state index in [0.29, 0.717) is 0 Å². The predicted molar refractivity (Wildman–Crippen MR) is 50.0 cm³/mol. The first-order valence-electron chi connectivity index (χ1n) is 3.34. The molecule has 3 nitrogen and oxygen atoms in total. The largest absolute Gasteiger partial charge is 0.459 e. The van der Waals surface area contributed by atoms with E-state index in [1.807, 2.05) is 6.92 Å². The highest BCUT2D eigenvalue weighted by Gasteiger charge is 2.06. The lowest BCUT2D eigenvalue weighted by Crippen LogP contribution is -1.99. The average molecular weight is 250 g/mol. The Hall–Kier alpha value is -0.420. The van der Waals surface area contributed by atoms with Gasteiger partial charge in [-0.3, -0.25) is 4.79 Å². The van der Waals surface area contributed by atoms with Gasteiger partial charge in [0.15, 0.2) is 3.92 Å². The maximum absolute atomic E-state index is 10.5. The van der Waals surface area contributed by atoms with E-state index in [0.717, 1.165) is 14.5 Å². The average Bonchev–Trinajstić information content (AvgIpc) is 2.26. The summed E-state index contributed by atoms with van der Waals surface area (Å²) in [7, 11) is 0. The molecule has 0 saturated heterocycles. The number of hydrogen-bond donors (Lipinski definition) is 0. The lowest BCUT2D eigenvalue weighted by Gasteiger charge is -1.97. The highest BCUT2D eigenvalue weighted by atomic mass is 79.9. The molecule has 0 aliphatic heterocycles. The molecule has 1 rings (SSSR count). The normalized spacial score (nSPS) is 9.92. The lowest BCUT2D eigenvalue weighted by atomic mass is 10.4. The molecule has 0 spiro atoms. The van der Waals surface area contributed by atoms with Crippen molar-refractivity contribution in [2.24, 2.45) is 0 Å². The Morgan fingerprint density at radius 2 is 2.42 bits per heavy atom. The number of carbonyl (C=O) groups excluding carboxylic acids is 1. The quantitative estimate of drug-likeness (QED) is 0.756. The van der Waals surface area contributed by atoms with Gasteiger partial charge in [-0.05, 0) is 22.9 Å². The Kier molecular flexibility index (Phi) is 3.22. The zero-order chi connectivity index (χ0) is 9.14. The molecule has 12 heavy (non-hydrogen) atoms. The highest BCUT2D eigenvalue weighted by Crippen LogP contribution is 2.22. The van der Waals surface area contributed by atoms with Crippen molar-refractivity contribution in [2.45, 2.75) is 20.5 Å². The van der Waals surface area contributed by atoms with Crippen LogP contribution in [0.5, 0.6) is 0 Å². The Morgan fingerprint density at radius 3 is 2.83 bits per heavy atom. The number of nitrogens with zero attached hydrogens (tertiary/aromatic N) is 1. The van der Waals surface area contributed by atoms with Gasteiger partial charge in [0.25, 0.3) is 0 Å². The molecule has 0 unspecified atom stereocenters. The van der Waals surface area contributed by atoms with E-state index in [9.17, 15) is 4.79 Å². The van der Waals surface area contributed by atoms with Gasteiger partial charge in [-0.2, -0.15) is 0 Å². The van der Waals surface area contributed by atoms with Gasteiger partial charge in [0.1, 0.15) is 6.61 Å². The first kappa shape index (κ1) is 9.67. The smallest absolute Gasteiger partial charge is 0.303 e. The second kappa shape index (κ2) is 4.00. The molecule has 0 fully saturated rings. The van der Waals surface area contributed by atoms with Crippen LogP contribution >= 0.6 is 27.3 Å². The van der Waals surface area contributed by atoms with Crippen molar-refractivity contribution in [1.29, 1.82) is 0 Å². The molecule has 1 heterocycles. The van der Waals surface area contributed by atoms with Gasteiger partial charge in [-0.15, -0.1) is 11.3 Å². The van der Waals surface area contributed by atoms with Crippen LogP contribution in [0.15, 0.2) is 3.92 Å². The molecule has 0 aliphatic rings. The van der Waals surface area contributed by atoms with Crippen molar-refractivity contribution >= 4 is 33.2 Å². The summed E-state index contributed by atoms with van der Waals surface area (Å²) in [4.78, 5) is 15.7. The highest BCUT2D eigenvalue weighted by molar-refractivity contribution is 9.11. The second-order valence-corrected chi connectivity index (χ2v) is 4.73. The van der Waals surface area contributed by atoms with E-state index in [-0.39, 0.29) is 12.6 Å². The van der Waals surface area contributed by atoms with Crippen LogP contribution in [-0.2, 0) is 16.1 Å². The van der Waals surface area contributed by atoms with E-state index in [2.05, 4.69) is 20.9 Å². The maximum atomic E-state index is 10.5.